The molecule has 0 radical (unpaired) electrons. The molecular formula is C20H12BrN3O3S. The molecule has 5 rings (SSSR count). The first-order valence-electron chi connectivity index (χ1n) is 8.38. The van der Waals surface area contributed by atoms with Crippen LogP contribution in [0.3, 0.4) is 0 Å². The lowest BCUT2D eigenvalue weighted by Crippen LogP contribution is -2.16. The summed E-state index contributed by atoms with van der Waals surface area (Å²) in [6.45, 7) is 0.197. The van der Waals surface area contributed by atoms with E-state index in [2.05, 4.69) is 26.0 Å². The van der Waals surface area contributed by atoms with Gasteiger partial charge in [0, 0.05) is 21.0 Å². The number of halogens is 1. The molecule has 4 aromatic rings. The van der Waals surface area contributed by atoms with Crippen molar-refractivity contribution >= 4 is 43.7 Å². The van der Waals surface area contributed by atoms with Crippen LogP contribution in [0.15, 0.2) is 68.5 Å². The Hall–Kier alpha value is -2.97. The second-order valence-corrected chi connectivity index (χ2v) is 7.77. The van der Waals surface area contributed by atoms with Crippen molar-refractivity contribution < 1.29 is 9.47 Å². The van der Waals surface area contributed by atoms with Crippen LogP contribution in [-0.2, 0) is 0 Å². The third kappa shape index (κ3) is 2.90. The highest BCUT2D eigenvalue weighted by Crippen LogP contribution is 2.36. The fourth-order valence-corrected chi connectivity index (χ4v) is 4.32. The van der Waals surface area contributed by atoms with Gasteiger partial charge in [-0.25, -0.2) is 4.98 Å². The summed E-state index contributed by atoms with van der Waals surface area (Å²) in [6, 6.07) is 13.4. The highest BCUT2D eigenvalue weighted by atomic mass is 79.9. The van der Waals surface area contributed by atoms with Gasteiger partial charge in [-0.1, -0.05) is 30.3 Å². The van der Waals surface area contributed by atoms with Gasteiger partial charge in [0.05, 0.1) is 11.6 Å². The SMILES string of the molecule is O=c1c2c(-c3ccccc3)csc2ncn1N=Cc1cc2c(cc1Br)OCO2. The van der Waals surface area contributed by atoms with E-state index in [4.69, 9.17) is 9.47 Å². The zero-order valence-electron chi connectivity index (χ0n) is 14.3. The van der Waals surface area contributed by atoms with Crippen LogP contribution in [0.5, 0.6) is 11.5 Å². The highest BCUT2D eigenvalue weighted by molar-refractivity contribution is 9.10. The molecule has 0 bridgehead atoms. The van der Waals surface area contributed by atoms with Gasteiger partial charge in [0.25, 0.3) is 5.56 Å². The molecule has 0 unspecified atom stereocenters. The van der Waals surface area contributed by atoms with E-state index in [1.807, 2.05) is 47.8 Å². The molecule has 6 nitrogen and oxygen atoms in total. The number of fused-ring (bicyclic) bond motifs is 2. The van der Waals surface area contributed by atoms with E-state index in [0.29, 0.717) is 21.7 Å². The number of benzene rings is 2. The third-order valence-corrected chi connectivity index (χ3v) is 5.95. The molecule has 0 atom stereocenters. The molecule has 8 heteroatoms. The minimum absolute atomic E-state index is 0.197. The molecule has 0 saturated carbocycles. The molecule has 0 fully saturated rings. The Balaban J connectivity index is 1.58. The second-order valence-electron chi connectivity index (χ2n) is 6.06. The molecule has 138 valence electrons. The van der Waals surface area contributed by atoms with Gasteiger partial charge in [-0.3, -0.25) is 4.79 Å². The lowest BCUT2D eigenvalue weighted by Gasteiger charge is -2.03. The average molecular weight is 454 g/mol. The first-order valence-corrected chi connectivity index (χ1v) is 10.1. The van der Waals surface area contributed by atoms with E-state index >= 15 is 0 Å². The van der Waals surface area contributed by atoms with Gasteiger partial charge < -0.3 is 9.47 Å². The van der Waals surface area contributed by atoms with Gasteiger partial charge in [0.15, 0.2) is 11.5 Å². The van der Waals surface area contributed by atoms with E-state index in [9.17, 15) is 4.79 Å². The van der Waals surface area contributed by atoms with Gasteiger partial charge in [0.1, 0.15) is 11.2 Å². The van der Waals surface area contributed by atoms with E-state index < -0.39 is 0 Å². The summed E-state index contributed by atoms with van der Waals surface area (Å²) in [5.74, 6) is 1.32. The molecule has 2 aromatic heterocycles. The topological polar surface area (TPSA) is 65.7 Å². The van der Waals surface area contributed by atoms with Gasteiger partial charge >= 0.3 is 0 Å². The fraction of sp³-hybridized carbons (Fsp3) is 0.0500. The van der Waals surface area contributed by atoms with Crippen LogP contribution in [0, 0.1) is 0 Å². The van der Waals surface area contributed by atoms with Crippen LogP contribution >= 0.6 is 27.3 Å². The monoisotopic (exact) mass is 453 g/mol. The smallest absolute Gasteiger partial charge is 0.283 e. The Labute approximate surface area is 171 Å². The minimum atomic E-state index is -0.210. The Bertz CT molecular complexity index is 1280. The minimum Gasteiger partial charge on any atom is -0.454 e. The van der Waals surface area contributed by atoms with Crippen molar-refractivity contribution in [3.8, 4) is 22.6 Å². The Morgan fingerprint density at radius 3 is 2.79 bits per heavy atom. The molecule has 0 saturated heterocycles. The summed E-state index contributed by atoms with van der Waals surface area (Å²) in [6.07, 6.45) is 3.03. The molecule has 28 heavy (non-hydrogen) atoms. The first-order chi connectivity index (χ1) is 13.7. The van der Waals surface area contributed by atoms with E-state index in [1.165, 1.54) is 22.3 Å². The van der Waals surface area contributed by atoms with Crippen molar-refractivity contribution in [2.24, 2.45) is 5.10 Å². The first kappa shape index (κ1) is 17.2. The zero-order chi connectivity index (χ0) is 19.1. The Morgan fingerprint density at radius 1 is 1.18 bits per heavy atom. The van der Waals surface area contributed by atoms with Gasteiger partial charge in [0.2, 0.25) is 6.79 Å². The zero-order valence-corrected chi connectivity index (χ0v) is 16.7. The summed E-state index contributed by atoms with van der Waals surface area (Å²) in [7, 11) is 0. The number of thiophene rings is 1. The maximum absolute atomic E-state index is 13.0. The van der Waals surface area contributed by atoms with E-state index in [1.54, 1.807) is 6.21 Å². The molecule has 3 heterocycles. The lowest BCUT2D eigenvalue weighted by molar-refractivity contribution is 0.174. The number of hydrogen-bond acceptors (Lipinski definition) is 6. The molecule has 1 aliphatic rings. The van der Waals surface area contributed by atoms with Crippen LogP contribution in [-0.4, -0.2) is 22.7 Å². The van der Waals surface area contributed by atoms with Crippen LogP contribution < -0.4 is 15.0 Å². The molecule has 0 aliphatic carbocycles. The maximum atomic E-state index is 13.0. The van der Waals surface area contributed by atoms with Gasteiger partial charge in [-0.2, -0.15) is 9.78 Å². The van der Waals surface area contributed by atoms with Crippen LogP contribution in [0.4, 0.5) is 0 Å². The predicted molar refractivity (Wildman–Crippen MR) is 113 cm³/mol. The van der Waals surface area contributed by atoms with Crippen molar-refractivity contribution in [2.45, 2.75) is 0 Å². The largest absolute Gasteiger partial charge is 0.454 e. The summed E-state index contributed by atoms with van der Waals surface area (Å²) >= 11 is 4.94. The Kier molecular flexibility index (Phi) is 4.22. The van der Waals surface area contributed by atoms with Crippen LogP contribution in [0.2, 0.25) is 0 Å². The molecule has 2 aromatic carbocycles. The molecular weight excluding hydrogens is 442 g/mol. The van der Waals surface area contributed by atoms with E-state index in [0.717, 1.165) is 21.2 Å². The van der Waals surface area contributed by atoms with Crippen molar-refractivity contribution in [3.63, 3.8) is 0 Å². The van der Waals surface area contributed by atoms with E-state index in [-0.39, 0.29) is 12.4 Å². The van der Waals surface area contributed by atoms with Gasteiger partial charge in [-0.05, 0) is 33.6 Å². The van der Waals surface area contributed by atoms with Gasteiger partial charge in [-0.15, -0.1) is 11.3 Å². The van der Waals surface area contributed by atoms with Crippen LogP contribution in [0.1, 0.15) is 5.56 Å². The van der Waals surface area contributed by atoms with Crippen molar-refractivity contribution in [1.29, 1.82) is 0 Å². The standard InChI is InChI=1S/C20H12BrN3O3S/c21-15-7-17-16(26-11-27-17)6-13(15)8-23-24-10-22-19-18(20(24)25)14(9-28-19)12-4-2-1-3-5-12/h1-10H,11H2. The quantitative estimate of drug-likeness (QED) is 0.428. The fourth-order valence-electron chi connectivity index (χ4n) is 2.99. The lowest BCUT2D eigenvalue weighted by atomic mass is 10.1. The van der Waals surface area contributed by atoms with Crippen molar-refractivity contribution in [3.05, 3.63) is 74.6 Å². The summed E-state index contributed by atoms with van der Waals surface area (Å²) in [5, 5.41) is 6.85. The normalized spacial score (nSPS) is 12.9. The third-order valence-electron chi connectivity index (χ3n) is 4.38. The summed E-state index contributed by atoms with van der Waals surface area (Å²) < 4.78 is 12.8. The summed E-state index contributed by atoms with van der Waals surface area (Å²) in [4.78, 5) is 18.1. The Morgan fingerprint density at radius 2 is 1.96 bits per heavy atom. The molecule has 0 amide bonds. The number of nitrogens with zero attached hydrogens (tertiary/aromatic N) is 3. The highest BCUT2D eigenvalue weighted by Gasteiger charge is 2.16. The molecule has 1 aliphatic heterocycles. The number of rotatable bonds is 3. The second kappa shape index (κ2) is 6.88. The van der Waals surface area contributed by atoms with Crippen molar-refractivity contribution in [1.82, 2.24) is 9.66 Å². The predicted octanol–water partition coefficient (Wildman–Crippen LogP) is 4.50. The maximum Gasteiger partial charge on any atom is 0.283 e. The average Bonchev–Trinajstić information content (AvgIpc) is 3.35. The number of aromatic nitrogens is 2. The number of hydrogen-bond donors (Lipinski definition) is 0. The summed E-state index contributed by atoms with van der Waals surface area (Å²) in [5.41, 5.74) is 2.41. The van der Waals surface area contributed by atoms with Crippen molar-refractivity contribution in [2.75, 3.05) is 6.79 Å². The molecule has 0 spiro atoms. The molecule has 0 N–H and O–H groups in total. The number of ether oxygens (including phenoxy) is 2. The van der Waals surface area contributed by atoms with Crippen LogP contribution in [0.25, 0.3) is 21.3 Å².